The molecule has 1 aromatic carbocycles. The van der Waals surface area contributed by atoms with Gasteiger partial charge in [-0.05, 0) is 31.9 Å². The second kappa shape index (κ2) is 6.59. The molecule has 3 aromatic rings. The molecule has 0 spiro atoms. The van der Waals surface area contributed by atoms with E-state index in [0.717, 1.165) is 54.8 Å². The van der Waals surface area contributed by atoms with Gasteiger partial charge in [0.1, 0.15) is 5.82 Å². The molecule has 3 heterocycles. The van der Waals surface area contributed by atoms with Crippen molar-refractivity contribution in [1.82, 2.24) is 14.3 Å². The summed E-state index contributed by atoms with van der Waals surface area (Å²) in [5.41, 5.74) is 4.99. The lowest BCUT2D eigenvalue weighted by atomic mass is 10.0. The van der Waals surface area contributed by atoms with Crippen molar-refractivity contribution in [2.45, 2.75) is 27.2 Å². The number of nitrogens with zero attached hydrogens (tertiary/aromatic N) is 5. The number of hydrogen-bond acceptors (Lipinski definition) is 6. The van der Waals surface area contributed by atoms with Crippen LogP contribution in [0.15, 0.2) is 24.3 Å². The molecular formula is C19H23N5S. The van der Waals surface area contributed by atoms with Crippen molar-refractivity contribution < 1.29 is 0 Å². The summed E-state index contributed by atoms with van der Waals surface area (Å²) in [6, 6.07) is 8.50. The highest BCUT2D eigenvalue weighted by Crippen LogP contribution is 2.33. The summed E-state index contributed by atoms with van der Waals surface area (Å²) in [6.45, 7) is 10.3. The van der Waals surface area contributed by atoms with Crippen LogP contribution in [0.1, 0.15) is 24.0 Å². The Labute approximate surface area is 152 Å². The highest BCUT2D eigenvalue weighted by atomic mass is 32.1. The number of benzene rings is 1. The number of pyridine rings is 1. The molecular weight excluding hydrogens is 330 g/mol. The van der Waals surface area contributed by atoms with Crippen LogP contribution >= 0.6 is 11.5 Å². The molecule has 5 nitrogen and oxygen atoms in total. The molecule has 1 aliphatic heterocycles. The molecule has 6 heteroatoms. The summed E-state index contributed by atoms with van der Waals surface area (Å²) < 4.78 is 4.32. The summed E-state index contributed by atoms with van der Waals surface area (Å²) in [5.74, 6) is 0.867. The standard InChI is InChI=1S/C19H23N5S/c1-4-15-13(2)20-17-8-6-5-7-16(17)18(15)23-9-11-24(12-10-23)19-21-14(3)22-25-19/h5-8H,4,9-12H2,1-3H3. The highest BCUT2D eigenvalue weighted by Gasteiger charge is 2.23. The SMILES string of the molecule is CCc1c(C)nc2ccccc2c1N1CCN(c2nc(C)ns2)CC1. The maximum Gasteiger partial charge on any atom is 0.205 e. The van der Waals surface area contributed by atoms with E-state index in [-0.39, 0.29) is 0 Å². The largest absolute Gasteiger partial charge is 0.367 e. The molecule has 130 valence electrons. The molecule has 1 fully saturated rings. The molecule has 4 rings (SSSR count). The molecule has 0 aliphatic carbocycles. The first-order chi connectivity index (χ1) is 12.2. The highest BCUT2D eigenvalue weighted by molar-refractivity contribution is 7.09. The van der Waals surface area contributed by atoms with Gasteiger partial charge in [-0.2, -0.15) is 4.37 Å². The van der Waals surface area contributed by atoms with E-state index in [9.17, 15) is 0 Å². The monoisotopic (exact) mass is 353 g/mol. The van der Waals surface area contributed by atoms with Gasteiger partial charge in [0.15, 0.2) is 0 Å². The number of rotatable bonds is 3. The number of fused-ring (bicyclic) bond motifs is 1. The summed E-state index contributed by atoms with van der Waals surface area (Å²) in [7, 11) is 0. The molecule has 0 saturated carbocycles. The third-order valence-electron chi connectivity index (χ3n) is 4.91. The van der Waals surface area contributed by atoms with Crippen LogP contribution in [0.2, 0.25) is 0 Å². The van der Waals surface area contributed by atoms with Crippen LogP contribution < -0.4 is 9.80 Å². The molecule has 0 amide bonds. The Morgan fingerprint density at radius 2 is 1.72 bits per heavy atom. The predicted octanol–water partition coefficient (Wildman–Crippen LogP) is 3.59. The Kier molecular flexibility index (Phi) is 4.29. The van der Waals surface area contributed by atoms with Crippen molar-refractivity contribution in [2.24, 2.45) is 0 Å². The first-order valence-corrected chi connectivity index (χ1v) is 9.63. The molecule has 0 atom stereocenters. The van der Waals surface area contributed by atoms with Crippen molar-refractivity contribution in [3.8, 4) is 0 Å². The number of anilines is 2. The predicted molar refractivity (Wildman–Crippen MR) is 105 cm³/mol. The van der Waals surface area contributed by atoms with Gasteiger partial charge in [0.05, 0.1) is 11.2 Å². The van der Waals surface area contributed by atoms with Gasteiger partial charge in [-0.15, -0.1) is 0 Å². The quantitative estimate of drug-likeness (QED) is 0.720. The summed E-state index contributed by atoms with van der Waals surface area (Å²) in [4.78, 5) is 14.2. The average molecular weight is 353 g/mol. The summed E-state index contributed by atoms with van der Waals surface area (Å²) in [6.07, 6.45) is 1.01. The molecule has 25 heavy (non-hydrogen) atoms. The zero-order valence-electron chi connectivity index (χ0n) is 15.0. The normalized spacial score (nSPS) is 15.2. The maximum atomic E-state index is 4.81. The van der Waals surface area contributed by atoms with Gasteiger partial charge in [-0.25, -0.2) is 4.98 Å². The molecule has 0 bridgehead atoms. The maximum absolute atomic E-state index is 4.81. The number of para-hydroxylation sites is 1. The Bertz CT molecular complexity index is 896. The van der Waals surface area contributed by atoms with Gasteiger partial charge in [0.25, 0.3) is 0 Å². The van der Waals surface area contributed by atoms with Gasteiger partial charge in [0, 0.05) is 48.8 Å². The number of hydrogen-bond donors (Lipinski definition) is 0. The fraction of sp³-hybridized carbons (Fsp3) is 0.421. The van der Waals surface area contributed by atoms with Crippen LogP contribution in [-0.2, 0) is 6.42 Å². The van der Waals surface area contributed by atoms with Crippen LogP contribution in [0, 0.1) is 13.8 Å². The van der Waals surface area contributed by atoms with Gasteiger partial charge in [-0.1, -0.05) is 25.1 Å². The van der Waals surface area contributed by atoms with Crippen LogP contribution in [0.3, 0.4) is 0 Å². The lowest BCUT2D eigenvalue weighted by Gasteiger charge is -2.37. The zero-order chi connectivity index (χ0) is 17.4. The van der Waals surface area contributed by atoms with Gasteiger partial charge in [-0.3, -0.25) is 4.98 Å². The second-order valence-electron chi connectivity index (χ2n) is 6.49. The minimum Gasteiger partial charge on any atom is -0.367 e. The van der Waals surface area contributed by atoms with E-state index in [2.05, 4.69) is 57.3 Å². The average Bonchev–Trinajstić information content (AvgIpc) is 3.07. The van der Waals surface area contributed by atoms with Crippen LogP contribution in [0.25, 0.3) is 10.9 Å². The van der Waals surface area contributed by atoms with Crippen molar-refractivity contribution in [3.63, 3.8) is 0 Å². The van der Waals surface area contributed by atoms with Crippen LogP contribution in [0.4, 0.5) is 10.8 Å². The summed E-state index contributed by atoms with van der Waals surface area (Å²) >= 11 is 1.50. The summed E-state index contributed by atoms with van der Waals surface area (Å²) in [5, 5.41) is 2.31. The first-order valence-electron chi connectivity index (χ1n) is 8.85. The number of piperazine rings is 1. The number of aromatic nitrogens is 3. The molecule has 1 aliphatic rings. The third-order valence-corrected chi connectivity index (χ3v) is 5.78. The Morgan fingerprint density at radius 3 is 2.40 bits per heavy atom. The minimum atomic E-state index is 0.867. The van der Waals surface area contributed by atoms with Crippen LogP contribution in [-0.4, -0.2) is 40.5 Å². The first kappa shape index (κ1) is 16.3. The van der Waals surface area contributed by atoms with E-state index >= 15 is 0 Å². The molecule has 1 saturated heterocycles. The van der Waals surface area contributed by atoms with E-state index in [1.165, 1.54) is 28.2 Å². The Balaban J connectivity index is 1.66. The lowest BCUT2D eigenvalue weighted by Crippen LogP contribution is -2.47. The lowest BCUT2D eigenvalue weighted by molar-refractivity contribution is 0.650. The fourth-order valence-electron chi connectivity index (χ4n) is 3.67. The van der Waals surface area contributed by atoms with Gasteiger partial charge < -0.3 is 9.80 Å². The van der Waals surface area contributed by atoms with Crippen molar-refractivity contribution in [1.29, 1.82) is 0 Å². The zero-order valence-corrected chi connectivity index (χ0v) is 15.8. The molecule has 2 aromatic heterocycles. The van der Waals surface area contributed by atoms with Crippen molar-refractivity contribution >= 4 is 33.3 Å². The fourth-order valence-corrected chi connectivity index (χ4v) is 4.40. The van der Waals surface area contributed by atoms with E-state index in [1.54, 1.807) is 0 Å². The molecule has 0 unspecified atom stereocenters. The minimum absolute atomic E-state index is 0.867. The molecule has 0 N–H and O–H groups in total. The van der Waals surface area contributed by atoms with E-state index < -0.39 is 0 Å². The second-order valence-corrected chi connectivity index (χ2v) is 7.22. The molecule has 0 radical (unpaired) electrons. The van der Waals surface area contributed by atoms with E-state index in [4.69, 9.17) is 4.98 Å². The van der Waals surface area contributed by atoms with Crippen LogP contribution in [0.5, 0.6) is 0 Å². The van der Waals surface area contributed by atoms with E-state index in [1.807, 2.05) is 6.92 Å². The topological polar surface area (TPSA) is 45.2 Å². The van der Waals surface area contributed by atoms with Gasteiger partial charge >= 0.3 is 0 Å². The van der Waals surface area contributed by atoms with Crippen molar-refractivity contribution in [3.05, 3.63) is 41.3 Å². The Hall–Kier alpha value is -2.21. The smallest absolute Gasteiger partial charge is 0.205 e. The van der Waals surface area contributed by atoms with E-state index in [0.29, 0.717) is 0 Å². The van der Waals surface area contributed by atoms with Gasteiger partial charge in [0.2, 0.25) is 5.13 Å². The Morgan fingerprint density at radius 1 is 1.00 bits per heavy atom. The van der Waals surface area contributed by atoms with Crippen molar-refractivity contribution in [2.75, 3.05) is 36.0 Å². The third kappa shape index (κ3) is 2.95. The number of aryl methyl sites for hydroxylation is 2.